The predicted molar refractivity (Wildman–Crippen MR) is 77.0 cm³/mol. The highest BCUT2D eigenvalue weighted by Crippen LogP contribution is 2.29. The van der Waals surface area contributed by atoms with Crippen molar-refractivity contribution in [2.24, 2.45) is 5.41 Å². The molecule has 1 amide bonds. The first-order chi connectivity index (χ1) is 9.67. The number of nitrogens with one attached hydrogen (secondary N) is 2. The van der Waals surface area contributed by atoms with Crippen LogP contribution in [0.2, 0.25) is 0 Å². The zero-order chi connectivity index (χ0) is 14.4. The van der Waals surface area contributed by atoms with E-state index in [1.54, 1.807) is 0 Å². The number of hydrogen-bond acceptors (Lipinski definition) is 4. The third kappa shape index (κ3) is 3.41. The number of carbonyl (C=O) groups excluding carboxylic acids is 1. The van der Waals surface area contributed by atoms with Crippen LogP contribution in [0.3, 0.4) is 0 Å². The monoisotopic (exact) mass is 272 g/mol. The van der Waals surface area contributed by atoms with E-state index in [1.807, 2.05) is 25.3 Å². The van der Waals surface area contributed by atoms with Crippen molar-refractivity contribution in [2.45, 2.75) is 19.8 Å². The first-order valence-corrected chi connectivity index (χ1v) is 6.81. The van der Waals surface area contributed by atoms with Gasteiger partial charge in [-0.2, -0.15) is 5.26 Å². The van der Waals surface area contributed by atoms with E-state index in [9.17, 15) is 4.79 Å². The van der Waals surface area contributed by atoms with Crippen molar-refractivity contribution >= 4 is 6.41 Å². The molecule has 1 unspecified atom stereocenters. The predicted octanol–water partition coefficient (Wildman–Crippen LogP) is 1.24. The van der Waals surface area contributed by atoms with E-state index < -0.39 is 0 Å². The summed E-state index contributed by atoms with van der Waals surface area (Å²) in [5, 5.41) is 15.0. The maximum Gasteiger partial charge on any atom is 0.207 e. The molecule has 1 aliphatic heterocycles. The van der Waals surface area contributed by atoms with Gasteiger partial charge in [-0.1, -0.05) is 18.2 Å². The highest BCUT2D eigenvalue weighted by atomic mass is 16.1. The molecule has 0 saturated heterocycles. The quantitative estimate of drug-likeness (QED) is 0.564. The van der Waals surface area contributed by atoms with Gasteiger partial charge in [-0.25, -0.2) is 0 Å². The number of allylic oxidation sites excluding steroid dienone is 2. The fraction of sp³-hybridized carbons (Fsp3) is 0.467. The van der Waals surface area contributed by atoms with Gasteiger partial charge in [0.05, 0.1) is 18.2 Å². The Balaban J connectivity index is 1.88. The second-order valence-corrected chi connectivity index (χ2v) is 5.36. The van der Waals surface area contributed by atoms with E-state index >= 15 is 0 Å². The van der Waals surface area contributed by atoms with Gasteiger partial charge in [0.25, 0.3) is 0 Å². The molecule has 1 atom stereocenters. The Morgan fingerprint density at radius 2 is 2.50 bits per heavy atom. The van der Waals surface area contributed by atoms with E-state index in [-0.39, 0.29) is 5.41 Å². The summed E-state index contributed by atoms with van der Waals surface area (Å²) in [5.74, 6) is 0. The molecule has 2 aliphatic rings. The van der Waals surface area contributed by atoms with E-state index in [0.29, 0.717) is 6.54 Å². The van der Waals surface area contributed by atoms with E-state index in [4.69, 9.17) is 5.26 Å². The minimum Gasteiger partial charge on any atom is -0.372 e. The van der Waals surface area contributed by atoms with Crippen LogP contribution in [0.4, 0.5) is 0 Å². The van der Waals surface area contributed by atoms with Crippen LogP contribution in [0.25, 0.3) is 0 Å². The fourth-order valence-corrected chi connectivity index (χ4v) is 2.30. The molecular weight excluding hydrogens is 252 g/mol. The van der Waals surface area contributed by atoms with E-state index in [0.717, 1.165) is 32.5 Å². The summed E-state index contributed by atoms with van der Waals surface area (Å²) in [6, 6.07) is 2.33. The van der Waals surface area contributed by atoms with Gasteiger partial charge in [-0.3, -0.25) is 4.79 Å². The lowest BCUT2D eigenvalue weighted by Gasteiger charge is -2.25. The molecule has 0 fully saturated rings. The molecular formula is C15H20N4O. The second kappa shape index (κ2) is 6.29. The van der Waals surface area contributed by atoms with Gasteiger partial charge < -0.3 is 15.5 Å². The van der Waals surface area contributed by atoms with Crippen molar-refractivity contribution in [3.8, 4) is 6.07 Å². The number of carbonyl (C=O) groups is 1. The largest absolute Gasteiger partial charge is 0.372 e. The van der Waals surface area contributed by atoms with Crippen molar-refractivity contribution in [1.29, 1.82) is 5.26 Å². The molecule has 0 aromatic heterocycles. The summed E-state index contributed by atoms with van der Waals surface area (Å²) < 4.78 is 0. The molecule has 2 rings (SSSR count). The minimum absolute atomic E-state index is 0.362. The number of nitrogens with zero attached hydrogens (tertiary/aromatic N) is 2. The third-order valence-corrected chi connectivity index (χ3v) is 3.65. The van der Waals surface area contributed by atoms with Crippen molar-refractivity contribution in [3.63, 3.8) is 0 Å². The average molecular weight is 272 g/mol. The summed E-state index contributed by atoms with van der Waals surface area (Å²) in [6.07, 6.45) is 10.5. The third-order valence-electron chi connectivity index (χ3n) is 3.65. The van der Waals surface area contributed by atoms with Crippen LogP contribution >= 0.6 is 0 Å². The van der Waals surface area contributed by atoms with Gasteiger partial charge in [0, 0.05) is 31.4 Å². The summed E-state index contributed by atoms with van der Waals surface area (Å²) in [7, 11) is 0. The molecule has 5 nitrogen and oxygen atoms in total. The van der Waals surface area contributed by atoms with Gasteiger partial charge in [0.15, 0.2) is 0 Å². The normalized spacial score (nSPS) is 24.5. The Morgan fingerprint density at radius 3 is 3.15 bits per heavy atom. The summed E-state index contributed by atoms with van der Waals surface area (Å²) >= 11 is 0. The Bertz CT molecular complexity index is 500. The molecule has 106 valence electrons. The summed E-state index contributed by atoms with van der Waals surface area (Å²) in [4.78, 5) is 12.5. The fourth-order valence-electron chi connectivity index (χ4n) is 2.30. The maximum absolute atomic E-state index is 10.3. The lowest BCUT2D eigenvalue weighted by atomic mass is 9.83. The van der Waals surface area contributed by atoms with Crippen LogP contribution < -0.4 is 10.6 Å². The molecule has 20 heavy (non-hydrogen) atoms. The summed E-state index contributed by atoms with van der Waals surface area (Å²) in [5.41, 5.74) is 2.07. The molecule has 0 spiro atoms. The topological polar surface area (TPSA) is 68.2 Å². The number of hydrogen-bond donors (Lipinski definition) is 2. The average Bonchev–Trinajstić information content (AvgIpc) is 2.89. The van der Waals surface area contributed by atoms with Gasteiger partial charge in [-0.15, -0.1) is 0 Å². The maximum atomic E-state index is 10.3. The van der Waals surface area contributed by atoms with Crippen molar-refractivity contribution in [3.05, 3.63) is 35.7 Å². The van der Waals surface area contributed by atoms with Crippen LogP contribution in [0.15, 0.2) is 35.7 Å². The molecule has 0 radical (unpaired) electrons. The lowest BCUT2D eigenvalue weighted by molar-refractivity contribution is -0.109. The van der Waals surface area contributed by atoms with Crippen molar-refractivity contribution in [2.75, 3.05) is 19.8 Å². The molecule has 5 heteroatoms. The van der Waals surface area contributed by atoms with Crippen LogP contribution in [-0.4, -0.2) is 31.1 Å². The Hall–Kier alpha value is -2.22. The molecule has 2 N–H and O–H groups in total. The molecule has 0 saturated carbocycles. The zero-order valence-corrected chi connectivity index (χ0v) is 11.7. The number of amides is 1. The highest BCUT2D eigenvalue weighted by Gasteiger charge is 2.23. The molecule has 1 heterocycles. The van der Waals surface area contributed by atoms with Gasteiger partial charge in [-0.05, 0) is 18.9 Å². The molecule has 0 bridgehead atoms. The van der Waals surface area contributed by atoms with Crippen LogP contribution in [0.1, 0.15) is 19.8 Å². The molecule has 0 aromatic carbocycles. The SMILES string of the molecule is CC1(C#N)C=CC(CN2CNC=C2CCNC=O)=CC1. The number of rotatable bonds is 6. The number of nitriles is 1. The van der Waals surface area contributed by atoms with Crippen molar-refractivity contribution in [1.82, 2.24) is 15.5 Å². The van der Waals surface area contributed by atoms with Gasteiger partial charge in [0.1, 0.15) is 0 Å². The van der Waals surface area contributed by atoms with Crippen molar-refractivity contribution < 1.29 is 4.79 Å². The van der Waals surface area contributed by atoms with Gasteiger partial charge >= 0.3 is 0 Å². The standard InChI is InChI=1S/C15H20N4O/c1-15(10-16)5-2-13(3-6-15)9-19-11-18-8-14(19)4-7-17-12-20/h2-3,5,8,12,18H,4,6-7,9,11H2,1H3,(H,17,20). The second-order valence-electron chi connectivity index (χ2n) is 5.36. The molecule has 0 aromatic rings. The Kier molecular flexibility index (Phi) is 4.46. The molecule has 1 aliphatic carbocycles. The summed E-state index contributed by atoms with van der Waals surface area (Å²) in [6.45, 7) is 4.22. The van der Waals surface area contributed by atoms with Crippen LogP contribution in [-0.2, 0) is 4.79 Å². The van der Waals surface area contributed by atoms with E-state index in [1.165, 1.54) is 11.3 Å². The minimum atomic E-state index is -0.362. The van der Waals surface area contributed by atoms with Crippen LogP contribution in [0.5, 0.6) is 0 Å². The first-order valence-electron chi connectivity index (χ1n) is 6.81. The smallest absolute Gasteiger partial charge is 0.207 e. The van der Waals surface area contributed by atoms with E-state index in [2.05, 4.69) is 27.7 Å². The highest BCUT2D eigenvalue weighted by molar-refractivity contribution is 5.45. The zero-order valence-electron chi connectivity index (χ0n) is 11.7. The lowest BCUT2D eigenvalue weighted by Crippen LogP contribution is -2.28. The Morgan fingerprint density at radius 1 is 1.65 bits per heavy atom. The van der Waals surface area contributed by atoms with Crippen LogP contribution in [0, 0.1) is 16.7 Å². The van der Waals surface area contributed by atoms with Gasteiger partial charge in [0.2, 0.25) is 6.41 Å². The Labute approximate surface area is 119 Å². The first kappa shape index (κ1) is 14.2.